The minimum Gasteiger partial charge on any atom is -0.365 e. The van der Waals surface area contributed by atoms with Gasteiger partial charge in [0.1, 0.15) is 0 Å². The van der Waals surface area contributed by atoms with Crippen LogP contribution in [0.1, 0.15) is 0 Å². The molecule has 0 unspecified atom stereocenters. The molecule has 0 fully saturated rings. The van der Waals surface area contributed by atoms with Crippen LogP contribution in [0.2, 0.25) is 0 Å². The van der Waals surface area contributed by atoms with Gasteiger partial charge in [0.25, 0.3) is 11.9 Å². The van der Waals surface area contributed by atoms with Crippen LogP contribution in [0.25, 0.3) is 0 Å². The smallest absolute Gasteiger partial charge is 0.260 e. The van der Waals surface area contributed by atoms with Crippen molar-refractivity contribution in [3.05, 3.63) is 0 Å². The fourth-order valence-corrected chi connectivity index (χ4v) is 0.339. The molecule has 0 amide bonds. The molecule has 66 valence electrons. The molecular formula is C2H6N10Zn. The van der Waals surface area contributed by atoms with E-state index in [0.717, 1.165) is 0 Å². The number of rotatable bonds is 0. The van der Waals surface area contributed by atoms with Crippen molar-refractivity contribution in [3.63, 3.8) is 0 Å². The zero-order chi connectivity index (χ0) is 8.81. The summed E-state index contributed by atoms with van der Waals surface area (Å²) in [5, 5.41) is 24.1. The monoisotopic (exact) mass is 234 g/mol. The molecule has 0 aromatic carbocycles. The molecule has 2 aromatic rings. The number of hydrogen-bond donors (Lipinski definition) is 4. The van der Waals surface area contributed by atoms with Crippen LogP contribution in [0, 0.1) is 0 Å². The number of aromatic nitrogens is 8. The molecule has 0 aliphatic carbocycles. The maximum Gasteiger partial charge on any atom is 0.260 e. The van der Waals surface area contributed by atoms with Crippen LogP contribution in [0.3, 0.4) is 0 Å². The Morgan fingerprint density at radius 3 is 1.31 bits per heavy atom. The van der Waals surface area contributed by atoms with Crippen molar-refractivity contribution in [1.29, 1.82) is 0 Å². The van der Waals surface area contributed by atoms with Gasteiger partial charge in [-0.25, -0.2) is 0 Å². The van der Waals surface area contributed by atoms with Gasteiger partial charge in [-0.05, 0) is 10.4 Å². The second-order valence-electron chi connectivity index (χ2n) is 1.54. The molecule has 0 saturated carbocycles. The first-order valence-electron chi connectivity index (χ1n) is 2.77. The predicted molar refractivity (Wildman–Crippen MR) is 37.2 cm³/mol. The Bertz CT molecular complexity index is 252. The van der Waals surface area contributed by atoms with Crippen molar-refractivity contribution in [2.45, 2.75) is 0 Å². The van der Waals surface area contributed by atoms with Gasteiger partial charge < -0.3 is 11.5 Å². The van der Waals surface area contributed by atoms with Crippen LogP contribution in [0.5, 0.6) is 0 Å². The molecule has 2 aromatic heterocycles. The predicted octanol–water partition coefficient (Wildman–Crippen LogP) is -2.44. The number of H-pyrrole nitrogens is 2. The average Bonchev–Trinajstić information content (AvgIpc) is 2.63. The maximum atomic E-state index is 4.96. The van der Waals surface area contributed by atoms with Crippen LogP contribution in [-0.4, -0.2) is 41.2 Å². The fraction of sp³-hybridized carbons (Fsp3) is 0. The number of nitrogens with one attached hydrogen (secondary N) is 2. The second kappa shape index (κ2) is 5.94. The van der Waals surface area contributed by atoms with Crippen molar-refractivity contribution >= 4 is 11.9 Å². The van der Waals surface area contributed by atoms with Crippen molar-refractivity contribution in [2.24, 2.45) is 0 Å². The number of hydrogen-bond acceptors (Lipinski definition) is 8. The summed E-state index contributed by atoms with van der Waals surface area (Å²) >= 11 is 0. The van der Waals surface area contributed by atoms with E-state index in [9.17, 15) is 0 Å². The van der Waals surface area contributed by atoms with Gasteiger partial charge in [-0.2, -0.15) is 10.4 Å². The van der Waals surface area contributed by atoms with E-state index in [1.54, 1.807) is 0 Å². The molecule has 0 saturated heterocycles. The van der Waals surface area contributed by atoms with Crippen molar-refractivity contribution in [2.75, 3.05) is 11.5 Å². The molecule has 2 heterocycles. The standard InChI is InChI=1S/2CH3N5.Zn/c2*2-1-3-5-6-4-1;/h2*(H3,2,3,4,5,6);. The second-order valence-corrected chi connectivity index (χ2v) is 1.54. The number of anilines is 2. The van der Waals surface area contributed by atoms with Crippen LogP contribution in [0.4, 0.5) is 11.9 Å². The summed E-state index contributed by atoms with van der Waals surface area (Å²) in [6.07, 6.45) is 0. The Morgan fingerprint density at radius 2 is 1.23 bits per heavy atom. The number of nitrogens with zero attached hydrogens (tertiary/aromatic N) is 6. The topological polar surface area (TPSA) is 161 Å². The van der Waals surface area contributed by atoms with Crippen molar-refractivity contribution in [1.82, 2.24) is 41.2 Å². The van der Waals surface area contributed by atoms with Gasteiger partial charge in [0.05, 0.1) is 0 Å². The van der Waals surface area contributed by atoms with E-state index in [1.165, 1.54) is 0 Å². The Morgan fingerprint density at radius 1 is 0.846 bits per heavy atom. The zero-order valence-electron chi connectivity index (χ0n) is 6.55. The SMILES string of the molecule is Nc1nn[nH]n1.Nc1nn[nH]n1.[Zn]. The van der Waals surface area contributed by atoms with E-state index in [1.807, 2.05) is 0 Å². The van der Waals surface area contributed by atoms with Gasteiger partial charge in [-0.1, -0.05) is 10.2 Å². The van der Waals surface area contributed by atoms with E-state index in [-0.39, 0.29) is 31.4 Å². The number of nitrogens with two attached hydrogens (primary N) is 2. The summed E-state index contributed by atoms with van der Waals surface area (Å²) in [7, 11) is 0. The summed E-state index contributed by atoms with van der Waals surface area (Å²) < 4.78 is 0. The summed E-state index contributed by atoms with van der Waals surface area (Å²) in [6.45, 7) is 0. The Kier molecular flexibility index (Phi) is 5.20. The normalized spacial score (nSPS) is 8.00. The van der Waals surface area contributed by atoms with E-state index in [4.69, 9.17) is 11.5 Å². The molecule has 0 aliphatic rings. The summed E-state index contributed by atoms with van der Waals surface area (Å²) in [4.78, 5) is 0. The zero-order valence-corrected chi connectivity index (χ0v) is 9.51. The van der Waals surface area contributed by atoms with E-state index in [0.29, 0.717) is 0 Å². The van der Waals surface area contributed by atoms with E-state index < -0.39 is 0 Å². The van der Waals surface area contributed by atoms with E-state index in [2.05, 4.69) is 41.2 Å². The van der Waals surface area contributed by atoms with Gasteiger partial charge in [0, 0.05) is 19.5 Å². The summed E-state index contributed by atoms with van der Waals surface area (Å²) in [5.74, 6) is 0.352. The number of aromatic amines is 2. The minimum atomic E-state index is 0. The molecule has 10 nitrogen and oxygen atoms in total. The molecule has 0 atom stereocenters. The fourth-order valence-electron chi connectivity index (χ4n) is 0.339. The van der Waals surface area contributed by atoms with Crippen LogP contribution >= 0.6 is 0 Å². The molecule has 0 radical (unpaired) electrons. The van der Waals surface area contributed by atoms with Gasteiger partial charge in [0.15, 0.2) is 0 Å². The molecule has 11 heteroatoms. The summed E-state index contributed by atoms with van der Waals surface area (Å²) in [6, 6.07) is 0. The number of tetrazole rings is 2. The largest absolute Gasteiger partial charge is 0.365 e. The third-order valence-electron chi connectivity index (χ3n) is 0.723. The van der Waals surface area contributed by atoms with Gasteiger partial charge >= 0.3 is 0 Å². The quantitative estimate of drug-likeness (QED) is 0.366. The van der Waals surface area contributed by atoms with Crippen LogP contribution in [0.15, 0.2) is 0 Å². The Balaban J connectivity index is 0.000000206. The number of nitrogen functional groups attached to an aromatic ring is 2. The maximum absolute atomic E-state index is 4.96. The average molecular weight is 236 g/mol. The van der Waals surface area contributed by atoms with Crippen molar-refractivity contribution in [3.8, 4) is 0 Å². The van der Waals surface area contributed by atoms with E-state index >= 15 is 0 Å². The molecule has 0 spiro atoms. The third-order valence-corrected chi connectivity index (χ3v) is 0.723. The van der Waals surface area contributed by atoms with Gasteiger partial charge in [-0.15, -0.1) is 10.2 Å². The first kappa shape index (κ1) is 11.4. The van der Waals surface area contributed by atoms with Gasteiger partial charge in [-0.3, -0.25) is 0 Å². The third kappa shape index (κ3) is 4.74. The molecule has 6 N–H and O–H groups in total. The van der Waals surface area contributed by atoms with Crippen LogP contribution < -0.4 is 11.5 Å². The first-order valence-corrected chi connectivity index (χ1v) is 2.77. The Hall–Kier alpha value is -1.64. The Labute approximate surface area is 84.6 Å². The van der Waals surface area contributed by atoms with Gasteiger partial charge in [0.2, 0.25) is 0 Å². The molecule has 0 bridgehead atoms. The molecular weight excluding hydrogens is 229 g/mol. The molecule has 13 heavy (non-hydrogen) atoms. The van der Waals surface area contributed by atoms with Crippen LogP contribution in [-0.2, 0) is 19.5 Å². The first-order chi connectivity index (χ1) is 5.79. The minimum absolute atomic E-state index is 0. The van der Waals surface area contributed by atoms with Crippen molar-refractivity contribution < 1.29 is 19.5 Å². The molecule has 2 rings (SSSR count). The summed E-state index contributed by atoms with van der Waals surface area (Å²) in [5.41, 5.74) is 9.92. The molecule has 0 aliphatic heterocycles.